The van der Waals surface area contributed by atoms with Crippen LogP contribution in [0, 0.1) is 0 Å². The van der Waals surface area contributed by atoms with Gasteiger partial charge in [-0.25, -0.2) is 13.1 Å². The Morgan fingerprint density at radius 2 is 2.10 bits per heavy atom. The summed E-state index contributed by atoms with van der Waals surface area (Å²) in [7, 11) is 2.30. The van der Waals surface area contributed by atoms with Gasteiger partial charge in [-0.2, -0.15) is 0 Å². The molecular formula is C13H24N4O2S. The molecule has 1 aliphatic rings. The van der Waals surface area contributed by atoms with Crippen molar-refractivity contribution in [2.24, 2.45) is 0 Å². The molecule has 0 aromatic carbocycles. The highest BCUT2D eigenvalue weighted by Gasteiger charge is 2.27. The lowest BCUT2D eigenvalue weighted by Crippen LogP contribution is -2.31. The average Bonchev–Trinajstić information content (AvgIpc) is 3.10. The summed E-state index contributed by atoms with van der Waals surface area (Å²) in [4.78, 5) is 2.32. The molecular weight excluding hydrogens is 276 g/mol. The Kier molecular flexibility index (Phi) is 4.85. The zero-order chi connectivity index (χ0) is 14.8. The van der Waals surface area contributed by atoms with Crippen LogP contribution in [-0.2, 0) is 16.6 Å². The van der Waals surface area contributed by atoms with Gasteiger partial charge in [0.2, 0.25) is 10.0 Å². The lowest BCUT2D eigenvalue weighted by atomic mass is 10.4. The number of hydrogen-bond acceptors (Lipinski definition) is 4. The first kappa shape index (κ1) is 15.5. The fourth-order valence-corrected chi connectivity index (χ4v) is 3.22. The van der Waals surface area contributed by atoms with Crippen molar-refractivity contribution in [1.82, 2.24) is 19.5 Å². The topological polar surface area (TPSA) is 66.4 Å². The third-order valence-corrected chi connectivity index (χ3v) is 4.79. The van der Waals surface area contributed by atoms with Crippen molar-refractivity contribution in [3.63, 3.8) is 0 Å². The number of nitrogens with zero attached hydrogens (tertiary/aromatic N) is 2. The molecule has 2 N–H and O–H groups in total. The Morgan fingerprint density at radius 1 is 1.40 bits per heavy atom. The van der Waals surface area contributed by atoms with Crippen LogP contribution in [-0.4, -0.2) is 52.1 Å². The van der Waals surface area contributed by atoms with Crippen LogP contribution < -0.4 is 10.0 Å². The molecule has 0 amide bonds. The Hall–Kier alpha value is -0.890. The van der Waals surface area contributed by atoms with Gasteiger partial charge in [0.1, 0.15) is 0 Å². The summed E-state index contributed by atoms with van der Waals surface area (Å²) in [6, 6.07) is 2.25. The van der Waals surface area contributed by atoms with Crippen molar-refractivity contribution in [2.75, 3.05) is 34.2 Å². The minimum Gasteiger partial charge on any atom is -0.346 e. The molecule has 1 heterocycles. The van der Waals surface area contributed by atoms with E-state index in [0.29, 0.717) is 30.6 Å². The molecule has 2 rings (SSSR count). The highest BCUT2D eigenvalue weighted by molar-refractivity contribution is 7.89. The van der Waals surface area contributed by atoms with E-state index in [4.69, 9.17) is 0 Å². The van der Waals surface area contributed by atoms with Gasteiger partial charge >= 0.3 is 0 Å². The van der Waals surface area contributed by atoms with Gasteiger partial charge in [-0.1, -0.05) is 0 Å². The number of rotatable bonds is 8. The normalized spacial score (nSPS) is 16.0. The van der Waals surface area contributed by atoms with Crippen molar-refractivity contribution in [1.29, 1.82) is 0 Å². The number of likely N-dealkylation sites (N-methyl/N-ethyl adjacent to an activating group) is 1. The standard InChI is InChI=1S/C13H24N4O2S/c1-14-9-12-8-13(10-17(12)11-4-5-11)20(18,19)15-6-7-16(2)3/h8,10-11,14-15H,4-7,9H2,1-3H3. The zero-order valence-corrected chi connectivity index (χ0v) is 13.2. The second-order valence-corrected chi connectivity index (χ2v) is 7.30. The maximum atomic E-state index is 12.3. The largest absolute Gasteiger partial charge is 0.346 e. The minimum atomic E-state index is -3.41. The maximum Gasteiger partial charge on any atom is 0.242 e. The number of hydrogen-bond donors (Lipinski definition) is 2. The summed E-state index contributed by atoms with van der Waals surface area (Å²) >= 11 is 0. The molecule has 20 heavy (non-hydrogen) atoms. The van der Waals surface area contributed by atoms with Crippen LogP contribution in [0.15, 0.2) is 17.2 Å². The predicted molar refractivity (Wildman–Crippen MR) is 79.2 cm³/mol. The SMILES string of the molecule is CNCc1cc(S(=O)(=O)NCCN(C)C)cn1C1CC1. The van der Waals surface area contributed by atoms with Crippen LogP contribution in [0.2, 0.25) is 0 Å². The predicted octanol–water partition coefficient (Wildman–Crippen LogP) is 0.382. The van der Waals surface area contributed by atoms with E-state index < -0.39 is 10.0 Å². The van der Waals surface area contributed by atoms with Gasteiger partial charge < -0.3 is 14.8 Å². The van der Waals surface area contributed by atoms with Gasteiger partial charge in [-0.05, 0) is 40.1 Å². The molecule has 0 unspecified atom stereocenters. The van der Waals surface area contributed by atoms with E-state index in [1.807, 2.05) is 26.0 Å². The molecule has 0 atom stereocenters. The summed E-state index contributed by atoms with van der Waals surface area (Å²) in [5.41, 5.74) is 1.03. The van der Waals surface area contributed by atoms with Gasteiger partial charge in [0.15, 0.2) is 0 Å². The summed E-state index contributed by atoms with van der Waals surface area (Å²) < 4.78 is 29.3. The van der Waals surface area contributed by atoms with Crippen molar-refractivity contribution < 1.29 is 8.42 Å². The fraction of sp³-hybridized carbons (Fsp3) is 0.692. The first-order chi connectivity index (χ1) is 9.44. The van der Waals surface area contributed by atoms with E-state index in [1.54, 1.807) is 12.3 Å². The van der Waals surface area contributed by atoms with E-state index in [-0.39, 0.29) is 0 Å². The van der Waals surface area contributed by atoms with Crippen molar-refractivity contribution in [2.45, 2.75) is 30.3 Å². The zero-order valence-electron chi connectivity index (χ0n) is 12.4. The lowest BCUT2D eigenvalue weighted by Gasteiger charge is -2.10. The molecule has 1 saturated carbocycles. The quantitative estimate of drug-likeness (QED) is 0.728. The molecule has 1 aromatic heterocycles. The molecule has 1 fully saturated rings. The number of sulfonamides is 1. The summed E-state index contributed by atoms with van der Waals surface area (Å²) in [5.74, 6) is 0. The second kappa shape index (κ2) is 6.26. The first-order valence-electron chi connectivity index (χ1n) is 6.94. The van der Waals surface area contributed by atoms with E-state index in [9.17, 15) is 8.42 Å². The third kappa shape index (κ3) is 3.82. The Balaban J connectivity index is 2.12. The molecule has 0 saturated heterocycles. The van der Waals surface area contributed by atoms with Crippen LogP contribution in [0.4, 0.5) is 0 Å². The Bertz CT molecular complexity index is 547. The Labute approximate surface area is 121 Å². The van der Waals surface area contributed by atoms with Crippen LogP contribution in [0.3, 0.4) is 0 Å². The smallest absolute Gasteiger partial charge is 0.242 e. The van der Waals surface area contributed by atoms with E-state index >= 15 is 0 Å². The van der Waals surface area contributed by atoms with E-state index in [2.05, 4.69) is 14.6 Å². The molecule has 0 aliphatic heterocycles. The molecule has 1 aliphatic carbocycles. The molecule has 0 spiro atoms. The van der Waals surface area contributed by atoms with Crippen LogP contribution >= 0.6 is 0 Å². The molecule has 0 bridgehead atoms. The van der Waals surface area contributed by atoms with Gasteiger partial charge in [-0.15, -0.1) is 0 Å². The molecule has 1 aromatic rings. The van der Waals surface area contributed by atoms with Gasteiger partial charge in [0, 0.05) is 37.6 Å². The summed E-state index contributed by atoms with van der Waals surface area (Å²) in [6.45, 7) is 1.79. The van der Waals surface area contributed by atoms with Crippen molar-refractivity contribution in [3.05, 3.63) is 18.0 Å². The average molecular weight is 300 g/mol. The second-order valence-electron chi connectivity index (χ2n) is 5.54. The summed E-state index contributed by atoms with van der Waals surface area (Å²) in [5, 5.41) is 3.09. The highest BCUT2D eigenvalue weighted by atomic mass is 32.2. The molecule has 6 nitrogen and oxygen atoms in total. The molecule has 0 radical (unpaired) electrons. The van der Waals surface area contributed by atoms with E-state index in [0.717, 1.165) is 18.5 Å². The van der Waals surface area contributed by atoms with Crippen LogP contribution in [0.25, 0.3) is 0 Å². The van der Waals surface area contributed by atoms with Crippen molar-refractivity contribution in [3.8, 4) is 0 Å². The number of nitrogens with one attached hydrogen (secondary N) is 2. The highest BCUT2D eigenvalue weighted by Crippen LogP contribution is 2.37. The van der Waals surface area contributed by atoms with Gasteiger partial charge in [-0.3, -0.25) is 0 Å². The third-order valence-electron chi connectivity index (χ3n) is 3.37. The van der Waals surface area contributed by atoms with Gasteiger partial charge in [0.25, 0.3) is 0 Å². The molecule has 114 valence electrons. The first-order valence-corrected chi connectivity index (χ1v) is 8.42. The van der Waals surface area contributed by atoms with Crippen LogP contribution in [0.1, 0.15) is 24.6 Å². The van der Waals surface area contributed by atoms with Crippen molar-refractivity contribution >= 4 is 10.0 Å². The molecule has 7 heteroatoms. The number of aromatic nitrogens is 1. The Morgan fingerprint density at radius 3 is 2.65 bits per heavy atom. The minimum absolute atomic E-state index is 0.369. The van der Waals surface area contributed by atoms with Gasteiger partial charge in [0.05, 0.1) is 4.90 Å². The lowest BCUT2D eigenvalue weighted by molar-refractivity contribution is 0.412. The van der Waals surface area contributed by atoms with E-state index in [1.165, 1.54) is 0 Å². The monoisotopic (exact) mass is 300 g/mol. The van der Waals surface area contributed by atoms with Crippen LogP contribution in [0.5, 0.6) is 0 Å². The summed E-state index contributed by atoms with van der Waals surface area (Å²) in [6.07, 6.45) is 4.04. The fourth-order valence-electron chi connectivity index (χ4n) is 2.15. The maximum absolute atomic E-state index is 12.3.